The predicted octanol–water partition coefficient (Wildman–Crippen LogP) is 1.47. The van der Waals surface area contributed by atoms with Crippen molar-refractivity contribution < 1.29 is 19.4 Å². The number of rotatable bonds is 4. The molecule has 1 atom stereocenters. The van der Waals surface area contributed by atoms with Crippen molar-refractivity contribution in [1.82, 2.24) is 14.8 Å². The van der Waals surface area contributed by atoms with Crippen LogP contribution in [0.2, 0.25) is 0 Å². The number of aliphatic carboxylic acids is 1. The van der Waals surface area contributed by atoms with Gasteiger partial charge in [-0.2, -0.15) is 0 Å². The van der Waals surface area contributed by atoms with E-state index >= 15 is 0 Å². The van der Waals surface area contributed by atoms with Gasteiger partial charge in [0.15, 0.2) is 0 Å². The van der Waals surface area contributed by atoms with E-state index in [0.717, 1.165) is 10.9 Å². The van der Waals surface area contributed by atoms with Gasteiger partial charge in [-0.25, -0.2) is 0 Å². The predicted molar refractivity (Wildman–Crippen MR) is 89.1 cm³/mol. The molecular formula is C17H21N3O4. The third-order valence-electron chi connectivity index (χ3n) is 4.57. The fraction of sp³-hybridized carbons (Fsp3) is 0.412. The van der Waals surface area contributed by atoms with E-state index in [1.54, 1.807) is 18.2 Å². The molecule has 7 nitrogen and oxygen atoms in total. The molecule has 24 heavy (non-hydrogen) atoms. The van der Waals surface area contributed by atoms with Gasteiger partial charge < -0.3 is 19.7 Å². The monoisotopic (exact) mass is 331 g/mol. The molecule has 1 saturated heterocycles. The molecule has 0 bridgehead atoms. The highest BCUT2D eigenvalue weighted by Crippen LogP contribution is 2.31. The molecule has 1 unspecified atom stereocenters. The highest BCUT2D eigenvalue weighted by Gasteiger charge is 2.32. The number of methoxy groups -OCH3 is 1. The van der Waals surface area contributed by atoms with E-state index in [4.69, 9.17) is 4.74 Å². The number of hydrogen-bond donors (Lipinski definition) is 2. The summed E-state index contributed by atoms with van der Waals surface area (Å²) in [5.74, 6) is -0.178. The first kappa shape index (κ1) is 16.3. The highest BCUT2D eigenvalue weighted by atomic mass is 16.5. The van der Waals surface area contributed by atoms with Crippen LogP contribution < -0.4 is 4.74 Å². The average Bonchev–Trinajstić information content (AvgIpc) is 2.98. The van der Waals surface area contributed by atoms with Crippen molar-refractivity contribution in [3.8, 4) is 5.75 Å². The largest absolute Gasteiger partial charge is 0.497 e. The molecule has 1 fully saturated rings. The summed E-state index contributed by atoms with van der Waals surface area (Å²) in [6, 6.07) is 4.82. The van der Waals surface area contributed by atoms with Gasteiger partial charge in [-0.1, -0.05) is 0 Å². The summed E-state index contributed by atoms with van der Waals surface area (Å²) in [6.07, 6.45) is 1.75. The second kappa shape index (κ2) is 6.52. The van der Waals surface area contributed by atoms with Crippen molar-refractivity contribution in [2.45, 2.75) is 13.0 Å². The summed E-state index contributed by atoms with van der Waals surface area (Å²) in [6.45, 7) is 3.70. The van der Waals surface area contributed by atoms with Crippen molar-refractivity contribution in [2.75, 3.05) is 33.3 Å². The number of H-pyrrole nitrogens is 1. The van der Waals surface area contributed by atoms with Gasteiger partial charge >= 0.3 is 5.97 Å². The van der Waals surface area contributed by atoms with Gasteiger partial charge in [0.05, 0.1) is 7.11 Å². The maximum absolute atomic E-state index is 11.9. The van der Waals surface area contributed by atoms with Gasteiger partial charge in [0.2, 0.25) is 5.91 Å². The number of aromatic amines is 1. The van der Waals surface area contributed by atoms with E-state index in [9.17, 15) is 14.7 Å². The van der Waals surface area contributed by atoms with Crippen molar-refractivity contribution in [3.63, 3.8) is 0 Å². The average molecular weight is 331 g/mol. The molecule has 7 heteroatoms. The van der Waals surface area contributed by atoms with Gasteiger partial charge in [-0.15, -0.1) is 0 Å². The summed E-state index contributed by atoms with van der Waals surface area (Å²) < 4.78 is 5.25. The van der Waals surface area contributed by atoms with Crippen LogP contribution in [0.25, 0.3) is 10.9 Å². The lowest BCUT2D eigenvalue weighted by Gasteiger charge is -2.37. The Bertz CT molecular complexity index is 762. The van der Waals surface area contributed by atoms with Gasteiger partial charge in [0.1, 0.15) is 11.8 Å². The lowest BCUT2D eigenvalue weighted by Crippen LogP contribution is -2.50. The van der Waals surface area contributed by atoms with E-state index in [2.05, 4.69) is 4.98 Å². The SMILES string of the molecule is COc1ccc2[nH]cc(C(C(=O)O)N3CCN(C(C)=O)CC3)c2c1. The second-order valence-corrected chi connectivity index (χ2v) is 5.94. The zero-order valence-electron chi connectivity index (χ0n) is 13.8. The Hall–Kier alpha value is -2.54. The Labute approximate surface area is 139 Å². The Kier molecular flexibility index (Phi) is 4.44. The molecule has 0 radical (unpaired) electrons. The molecule has 1 aromatic heterocycles. The van der Waals surface area contributed by atoms with Crippen LogP contribution in [0.5, 0.6) is 5.75 Å². The topological polar surface area (TPSA) is 85.9 Å². The lowest BCUT2D eigenvalue weighted by atomic mass is 10.0. The molecule has 3 rings (SSSR count). The Morgan fingerprint density at radius 2 is 1.96 bits per heavy atom. The van der Waals surface area contributed by atoms with Crippen molar-refractivity contribution in [2.24, 2.45) is 0 Å². The minimum atomic E-state index is -0.894. The summed E-state index contributed by atoms with van der Waals surface area (Å²) in [7, 11) is 1.59. The zero-order chi connectivity index (χ0) is 17.3. The van der Waals surface area contributed by atoms with Gasteiger partial charge in [-0.05, 0) is 18.2 Å². The molecule has 1 aromatic carbocycles. The third kappa shape index (κ3) is 2.94. The smallest absolute Gasteiger partial charge is 0.325 e. The fourth-order valence-corrected chi connectivity index (χ4v) is 3.26. The van der Waals surface area contributed by atoms with Crippen molar-refractivity contribution in [3.05, 3.63) is 30.0 Å². The van der Waals surface area contributed by atoms with Crippen LogP contribution in [0.15, 0.2) is 24.4 Å². The zero-order valence-corrected chi connectivity index (χ0v) is 13.8. The molecule has 1 aliphatic heterocycles. The van der Waals surface area contributed by atoms with Crippen LogP contribution >= 0.6 is 0 Å². The number of benzene rings is 1. The number of nitrogens with zero attached hydrogens (tertiary/aromatic N) is 2. The molecule has 2 aromatic rings. The van der Waals surface area contributed by atoms with Crippen LogP contribution in [-0.2, 0) is 9.59 Å². The summed E-state index contributed by atoms with van der Waals surface area (Å²) in [4.78, 5) is 30.2. The Morgan fingerprint density at radius 3 is 2.54 bits per heavy atom. The molecule has 2 N–H and O–H groups in total. The van der Waals surface area contributed by atoms with Crippen LogP contribution in [0.3, 0.4) is 0 Å². The maximum Gasteiger partial charge on any atom is 0.325 e. The number of ether oxygens (including phenoxy) is 1. The number of carboxylic acid groups (broad SMARTS) is 1. The minimum absolute atomic E-state index is 0.0263. The quantitative estimate of drug-likeness (QED) is 0.886. The fourth-order valence-electron chi connectivity index (χ4n) is 3.26. The molecule has 2 heterocycles. The third-order valence-corrected chi connectivity index (χ3v) is 4.57. The Balaban J connectivity index is 1.92. The number of aromatic nitrogens is 1. The molecule has 1 amide bonds. The minimum Gasteiger partial charge on any atom is -0.497 e. The molecule has 128 valence electrons. The Morgan fingerprint density at radius 1 is 1.25 bits per heavy atom. The molecular weight excluding hydrogens is 310 g/mol. The van der Waals surface area contributed by atoms with Gasteiger partial charge in [0.25, 0.3) is 0 Å². The summed E-state index contributed by atoms with van der Waals surface area (Å²) in [5.41, 5.74) is 1.59. The van der Waals surface area contributed by atoms with Crippen molar-refractivity contribution >= 4 is 22.8 Å². The molecule has 0 aliphatic carbocycles. The van der Waals surface area contributed by atoms with Crippen LogP contribution in [0.1, 0.15) is 18.5 Å². The van der Waals surface area contributed by atoms with Gasteiger partial charge in [-0.3, -0.25) is 14.5 Å². The van der Waals surface area contributed by atoms with Crippen molar-refractivity contribution in [1.29, 1.82) is 0 Å². The molecule has 0 spiro atoms. The first-order valence-electron chi connectivity index (χ1n) is 7.88. The number of carboxylic acids is 1. The highest BCUT2D eigenvalue weighted by molar-refractivity contribution is 5.90. The van der Waals surface area contributed by atoms with Gasteiger partial charge in [0, 0.05) is 55.8 Å². The number of carbonyl (C=O) groups is 2. The summed E-state index contributed by atoms with van der Waals surface area (Å²) >= 11 is 0. The van der Waals surface area contributed by atoms with Crippen LogP contribution in [0, 0.1) is 0 Å². The summed E-state index contributed by atoms with van der Waals surface area (Å²) in [5, 5.41) is 10.6. The van der Waals surface area contributed by atoms with E-state index in [1.807, 2.05) is 23.1 Å². The van der Waals surface area contributed by atoms with Crippen LogP contribution in [0.4, 0.5) is 0 Å². The number of carbonyl (C=O) groups excluding carboxylic acids is 1. The maximum atomic E-state index is 11.9. The number of amides is 1. The van der Waals surface area contributed by atoms with E-state index < -0.39 is 12.0 Å². The molecule has 1 aliphatic rings. The van der Waals surface area contributed by atoms with E-state index in [0.29, 0.717) is 37.5 Å². The first-order valence-corrected chi connectivity index (χ1v) is 7.88. The normalized spacial score (nSPS) is 17.0. The number of piperazine rings is 1. The molecule has 0 saturated carbocycles. The second-order valence-electron chi connectivity index (χ2n) is 5.94. The van der Waals surface area contributed by atoms with Crippen LogP contribution in [-0.4, -0.2) is 65.1 Å². The number of hydrogen-bond acceptors (Lipinski definition) is 4. The van der Waals surface area contributed by atoms with E-state index in [1.165, 1.54) is 6.92 Å². The number of fused-ring (bicyclic) bond motifs is 1. The lowest BCUT2D eigenvalue weighted by molar-refractivity contribution is -0.144. The first-order chi connectivity index (χ1) is 11.5. The number of nitrogens with one attached hydrogen (secondary N) is 1. The van der Waals surface area contributed by atoms with E-state index in [-0.39, 0.29) is 5.91 Å². The standard InChI is InChI=1S/C17H21N3O4/c1-11(21)19-5-7-20(8-6-19)16(17(22)23)14-10-18-15-4-3-12(24-2)9-13(14)15/h3-4,9-10,16,18H,5-8H2,1-2H3,(H,22,23).